The van der Waals surface area contributed by atoms with Crippen LogP contribution in [0.15, 0.2) is 47.8 Å². The van der Waals surface area contributed by atoms with Crippen LogP contribution in [-0.4, -0.2) is 36.6 Å². The van der Waals surface area contributed by atoms with E-state index in [0.29, 0.717) is 6.54 Å². The molecule has 1 amide bonds. The van der Waals surface area contributed by atoms with Crippen LogP contribution in [0.25, 0.3) is 11.3 Å². The number of carbonyl (C=O) groups is 2. The third-order valence-electron chi connectivity index (χ3n) is 5.20. The lowest BCUT2D eigenvalue weighted by atomic mass is 10.1. The van der Waals surface area contributed by atoms with Crippen LogP contribution in [0.5, 0.6) is 5.75 Å². The molecule has 1 aliphatic rings. The molecule has 0 saturated carbocycles. The summed E-state index contributed by atoms with van der Waals surface area (Å²) in [6.07, 6.45) is 0.866. The van der Waals surface area contributed by atoms with Crippen LogP contribution in [-0.2, 0) is 20.7 Å². The number of rotatable bonds is 7. The van der Waals surface area contributed by atoms with Gasteiger partial charge >= 0.3 is 5.97 Å². The number of para-hydroxylation sites is 1. The van der Waals surface area contributed by atoms with Crippen LogP contribution >= 0.6 is 11.3 Å². The van der Waals surface area contributed by atoms with Gasteiger partial charge in [0.05, 0.1) is 23.7 Å². The maximum Gasteiger partial charge on any atom is 0.309 e. The molecule has 0 fully saturated rings. The molecular weight excluding hydrogens is 412 g/mol. The minimum absolute atomic E-state index is 0.0919. The van der Waals surface area contributed by atoms with Crippen molar-refractivity contribution in [3.05, 3.63) is 64.0 Å². The Bertz CT molecular complexity index is 1110. The predicted molar refractivity (Wildman–Crippen MR) is 121 cm³/mol. The Balaban J connectivity index is 1.28. The van der Waals surface area contributed by atoms with E-state index in [2.05, 4.69) is 11.1 Å². The van der Waals surface area contributed by atoms with Gasteiger partial charge in [-0.15, -0.1) is 11.3 Å². The first-order valence-electron chi connectivity index (χ1n) is 10.2. The van der Waals surface area contributed by atoms with E-state index in [1.807, 2.05) is 55.6 Å². The van der Waals surface area contributed by atoms with Crippen LogP contribution in [0.4, 0.5) is 5.69 Å². The molecule has 31 heavy (non-hydrogen) atoms. The number of amides is 1. The molecule has 160 valence electrons. The first-order valence-corrected chi connectivity index (χ1v) is 11.1. The summed E-state index contributed by atoms with van der Waals surface area (Å²) in [6, 6.07) is 13.6. The Kier molecular flexibility index (Phi) is 6.32. The molecule has 0 N–H and O–H groups in total. The lowest BCUT2D eigenvalue weighted by Crippen LogP contribution is -2.33. The van der Waals surface area contributed by atoms with E-state index >= 15 is 0 Å². The summed E-state index contributed by atoms with van der Waals surface area (Å²) in [5.74, 6) is 0.0759. The van der Waals surface area contributed by atoms with E-state index in [1.54, 1.807) is 16.2 Å². The zero-order chi connectivity index (χ0) is 21.8. The SMILES string of the molecule is Cc1nc(-c2ccc3c(c2)CCN3C(=O)COC(=O)CCOc2ccccc2C)cs1. The molecule has 7 heteroatoms. The van der Waals surface area contributed by atoms with Gasteiger partial charge in [-0.1, -0.05) is 24.3 Å². The second kappa shape index (κ2) is 9.31. The van der Waals surface area contributed by atoms with Crippen molar-refractivity contribution in [2.24, 2.45) is 0 Å². The molecular formula is C24H24N2O4S. The molecule has 1 aromatic heterocycles. The quantitative estimate of drug-likeness (QED) is 0.516. The van der Waals surface area contributed by atoms with Crippen molar-refractivity contribution in [2.75, 3.05) is 24.7 Å². The number of aryl methyl sites for hydroxylation is 2. The van der Waals surface area contributed by atoms with Gasteiger partial charge in [0.2, 0.25) is 0 Å². The number of fused-ring (bicyclic) bond motifs is 1. The van der Waals surface area contributed by atoms with Gasteiger partial charge in [-0.05, 0) is 49.6 Å². The highest BCUT2D eigenvalue weighted by atomic mass is 32.1. The maximum absolute atomic E-state index is 12.6. The fraction of sp³-hybridized carbons (Fsp3) is 0.292. The highest BCUT2D eigenvalue weighted by Crippen LogP contribution is 2.32. The number of esters is 1. The van der Waals surface area contributed by atoms with E-state index in [-0.39, 0.29) is 25.5 Å². The summed E-state index contributed by atoms with van der Waals surface area (Å²) in [6.45, 7) is 4.46. The molecule has 0 spiro atoms. The molecule has 0 unspecified atom stereocenters. The molecule has 4 rings (SSSR count). The van der Waals surface area contributed by atoms with E-state index < -0.39 is 5.97 Å². The monoisotopic (exact) mass is 436 g/mol. The number of nitrogens with zero attached hydrogens (tertiary/aromatic N) is 2. The maximum atomic E-state index is 12.6. The van der Waals surface area contributed by atoms with Gasteiger partial charge in [0, 0.05) is 23.2 Å². The third kappa shape index (κ3) is 4.94. The van der Waals surface area contributed by atoms with E-state index in [9.17, 15) is 9.59 Å². The van der Waals surface area contributed by atoms with Crippen LogP contribution in [0.3, 0.4) is 0 Å². The van der Waals surface area contributed by atoms with Crippen LogP contribution in [0, 0.1) is 13.8 Å². The smallest absolute Gasteiger partial charge is 0.309 e. The van der Waals surface area contributed by atoms with E-state index in [0.717, 1.165) is 45.2 Å². The molecule has 2 aromatic carbocycles. The second-order valence-corrected chi connectivity index (χ2v) is 8.48. The van der Waals surface area contributed by atoms with Gasteiger partial charge in [0.25, 0.3) is 5.91 Å². The number of hydrogen-bond donors (Lipinski definition) is 0. The number of hydrogen-bond acceptors (Lipinski definition) is 6. The first-order chi connectivity index (χ1) is 15.0. The van der Waals surface area contributed by atoms with Crippen LogP contribution < -0.4 is 9.64 Å². The largest absolute Gasteiger partial charge is 0.493 e. The van der Waals surface area contributed by atoms with E-state index in [1.165, 1.54) is 0 Å². The molecule has 3 aromatic rings. The fourth-order valence-electron chi connectivity index (χ4n) is 3.57. The molecule has 1 aliphatic heterocycles. The highest BCUT2D eigenvalue weighted by molar-refractivity contribution is 7.09. The lowest BCUT2D eigenvalue weighted by Gasteiger charge is -2.17. The van der Waals surface area contributed by atoms with Gasteiger partial charge in [-0.3, -0.25) is 9.59 Å². The van der Waals surface area contributed by atoms with Gasteiger partial charge in [-0.2, -0.15) is 0 Å². The zero-order valence-corrected chi connectivity index (χ0v) is 18.4. The number of anilines is 1. The molecule has 0 radical (unpaired) electrons. The number of carbonyl (C=O) groups excluding carboxylic acids is 2. The standard InChI is InChI=1S/C24H24N2O4S/c1-16-5-3-4-6-22(16)29-12-10-24(28)30-14-23(27)26-11-9-19-13-18(7-8-21(19)26)20-15-31-17(2)25-20/h3-8,13,15H,9-12,14H2,1-2H3. The number of thiazole rings is 1. The van der Waals surface area contributed by atoms with Gasteiger partial charge in [0.1, 0.15) is 5.75 Å². The summed E-state index contributed by atoms with van der Waals surface area (Å²) in [5, 5.41) is 3.07. The van der Waals surface area contributed by atoms with E-state index in [4.69, 9.17) is 9.47 Å². The Hall–Kier alpha value is -3.19. The highest BCUT2D eigenvalue weighted by Gasteiger charge is 2.26. The zero-order valence-electron chi connectivity index (χ0n) is 17.6. The molecule has 2 heterocycles. The molecule has 0 saturated heterocycles. The average molecular weight is 437 g/mol. The summed E-state index contributed by atoms with van der Waals surface area (Å²) in [7, 11) is 0. The molecule has 0 atom stereocenters. The van der Waals surface area contributed by atoms with Crippen molar-refractivity contribution in [1.82, 2.24) is 4.98 Å². The average Bonchev–Trinajstić information content (AvgIpc) is 3.39. The second-order valence-electron chi connectivity index (χ2n) is 7.42. The Morgan fingerprint density at radius 2 is 2.00 bits per heavy atom. The van der Waals surface area contributed by atoms with Gasteiger partial charge in [-0.25, -0.2) is 4.98 Å². The Labute approximate surface area is 185 Å². The number of aromatic nitrogens is 1. The topological polar surface area (TPSA) is 68.7 Å². The van der Waals surface area contributed by atoms with Crippen molar-refractivity contribution in [1.29, 1.82) is 0 Å². The van der Waals surface area contributed by atoms with Crippen molar-refractivity contribution in [3.63, 3.8) is 0 Å². The Morgan fingerprint density at radius 3 is 2.77 bits per heavy atom. The number of benzene rings is 2. The minimum Gasteiger partial charge on any atom is -0.493 e. The van der Waals surface area contributed by atoms with Crippen molar-refractivity contribution in [3.8, 4) is 17.0 Å². The number of ether oxygens (including phenoxy) is 2. The first kappa shape index (κ1) is 21.1. The fourth-order valence-corrected chi connectivity index (χ4v) is 4.19. The van der Waals surface area contributed by atoms with Crippen molar-refractivity contribution >= 4 is 28.9 Å². The van der Waals surface area contributed by atoms with Gasteiger partial charge in [0.15, 0.2) is 6.61 Å². The molecule has 0 aliphatic carbocycles. The summed E-state index contributed by atoms with van der Waals surface area (Å²) >= 11 is 1.62. The Morgan fingerprint density at radius 1 is 1.16 bits per heavy atom. The normalized spacial score (nSPS) is 12.5. The molecule has 6 nitrogen and oxygen atoms in total. The lowest BCUT2D eigenvalue weighted by molar-refractivity contribution is -0.148. The van der Waals surface area contributed by atoms with Crippen LogP contribution in [0.2, 0.25) is 0 Å². The molecule has 0 bridgehead atoms. The van der Waals surface area contributed by atoms with Crippen molar-refractivity contribution < 1.29 is 19.1 Å². The van der Waals surface area contributed by atoms with Gasteiger partial charge < -0.3 is 14.4 Å². The third-order valence-corrected chi connectivity index (χ3v) is 5.98. The summed E-state index contributed by atoms with van der Waals surface area (Å²) in [4.78, 5) is 30.8. The minimum atomic E-state index is -0.449. The van der Waals surface area contributed by atoms with Crippen molar-refractivity contribution in [2.45, 2.75) is 26.7 Å². The predicted octanol–water partition coefficient (Wildman–Crippen LogP) is 4.33. The summed E-state index contributed by atoms with van der Waals surface area (Å²) < 4.78 is 10.8. The summed E-state index contributed by atoms with van der Waals surface area (Å²) in [5.41, 5.74) is 5.00. The van der Waals surface area contributed by atoms with Crippen LogP contribution in [0.1, 0.15) is 22.6 Å².